The maximum absolute atomic E-state index is 12.4. The highest BCUT2D eigenvalue weighted by Gasteiger charge is 2.43. The molecule has 0 radical (unpaired) electrons. The van der Waals surface area contributed by atoms with Crippen molar-refractivity contribution in [2.24, 2.45) is 11.8 Å². The van der Waals surface area contributed by atoms with Crippen LogP contribution < -0.4 is 5.73 Å². The van der Waals surface area contributed by atoms with Crippen LogP contribution in [-0.2, 0) is 11.3 Å². The summed E-state index contributed by atoms with van der Waals surface area (Å²) in [6.07, 6.45) is 4.16. The van der Waals surface area contributed by atoms with Gasteiger partial charge in [0.25, 0.3) is 0 Å². The van der Waals surface area contributed by atoms with E-state index in [0.717, 1.165) is 49.4 Å². The Bertz CT molecular complexity index is 801. The van der Waals surface area contributed by atoms with E-state index in [2.05, 4.69) is 15.2 Å². The van der Waals surface area contributed by atoms with Crippen LogP contribution in [0, 0.1) is 11.8 Å². The molecule has 5 rings (SSSR count). The van der Waals surface area contributed by atoms with Crippen molar-refractivity contribution in [2.75, 3.05) is 32.9 Å². The molecule has 1 aromatic heterocycles. The second kappa shape index (κ2) is 6.72. The summed E-state index contributed by atoms with van der Waals surface area (Å²) < 4.78 is 1.92. The van der Waals surface area contributed by atoms with Gasteiger partial charge in [-0.3, -0.25) is 14.4 Å². The summed E-state index contributed by atoms with van der Waals surface area (Å²) in [5, 5.41) is 8.61. The van der Waals surface area contributed by atoms with Crippen molar-refractivity contribution in [3.05, 3.63) is 30.5 Å². The van der Waals surface area contributed by atoms with Crippen LogP contribution >= 0.6 is 0 Å². The van der Waals surface area contributed by atoms with Crippen molar-refractivity contribution in [2.45, 2.75) is 25.4 Å². The number of nitrogens with zero attached hydrogens (tertiary/aromatic N) is 5. The number of aromatic nitrogens is 3. The van der Waals surface area contributed by atoms with Gasteiger partial charge in [0.05, 0.1) is 18.7 Å². The molecule has 0 saturated carbocycles. The summed E-state index contributed by atoms with van der Waals surface area (Å²) in [7, 11) is 3.70. The quantitative estimate of drug-likeness (QED) is 0.838. The zero-order chi connectivity index (χ0) is 18.3. The van der Waals surface area contributed by atoms with Gasteiger partial charge < -0.3 is 10.6 Å². The molecule has 26 heavy (non-hydrogen) atoms. The normalized spacial score (nSPS) is 27.5. The summed E-state index contributed by atoms with van der Waals surface area (Å²) in [6, 6.07) is 8.13. The zero-order valence-electron chi connectivity index (χ0n) is 15.4. The number of nitrogens with two attached hydrogens (primary N) is 1. The van der Waals surface area contributed by atoms with Gasteiger partial charge in [-0.25, -0.2) is 0 Å². The number of nitrogen functional groups attached to an aromatic ring is 1. The van der Waals surface area contributed by atoms with Crippen LogP contribution in [-0.4, -0.2) is 63.9 Å². The lowest BCUT2D eigenvalue weighted by molar-refractivity contribution is -0.141. The smallest absolute Gasteiger partial charge is 0.226 e. The average molecular weight is 354 g/mol. The molecule has 2 bridgehead atoms. The van der Waals surface area contributed by atoms with Gasteiger partial charge in [0, 0.05) is 37.9 Å². The fraction of sp³-hybridized carbons (Fsp3) is 0.526. The highest BCUT2D eigenvalue weighted by molar-refractivity contribution is 5.79. The van der Waals surface area contributed by atoms with Gasteiger partial charge in [0.1, 0.15) is 5.69 Å². The lowest BCUT2D eigenvalue weighted by Gasteiger charge is -2.49. The van der Waals surface area contributed by atoms with Crippen LogP contribution in [0.4, 0.5) is 5.69 Å². The minimum atomic E-state index is 0.147. The van der Waals surface area contributed by atoms with Crippen LogP contribution in [0.2, 0.25) is 0 Å². The highest BCUT2D eigenvalue weighted by Crippen LogP contribution is 2.37. The van der Waals surface area contributed by atoms with E-state index in [1.807, 2.05) is 49.2 Å². The molecule has 2 aromatic rings. The number of hydrogen-bond acceptors (Lipinski definition) is 5. The minimum absolute atomic E-state index is 0.147. The van der Waals surface area contributed by atoms with E-state index in [1.54, 1.807) is 4.90 Å². The fourth-order valence-corrected chi connectivity index (χ4v) is 4.37. The number of benzene rings is 1. The monoisotopic (exact) mass is 354 g/mol. The number of carbonyl (C=O) groups is 1. The summed E-state index contributed by atoms with van der Waals surface area (Å²) >= 11 is 0. The van der Waals surface area contributed by atoms with Crippen molar-refractivity contribution >= 4 is 11.6 Å². The fourth-order valence-electron chi connectivity index (χ4n) is 4.37. The van der Waals surface area contributed by atoms with Crippen molar-refractivity contribution in [1.29, 1.82) is 0 Å². The lowest BCUT2D eigenvalue weighted by Crippen LogP contribution is -2.57. The summed E-state index contributed by atoms with van der Waals surface area (Å²) in [4.78, 5) is 16.6. The molecule has 0 spiro atoms. The Morgan fingerprint density at radius 1 is 1.38 bits per heavy atom. The van der Waals surface area contributed by atoms with Crippen LogP contribution in [0.1, 0.15) is 12.8 Å². The highest BCUT2D eigenvalue weighted by atomic mass is 16.2. The number of fused-ring (bicyclic) bond motifs is 3. The molecular formula is C19H26N6O. The molecule has 4 atom stereocenters. The van der Waals surface area contributed by atoms with Crippen LogP contribution in [0.15, 0.2) is 30.5 Å². The molecule has 3 fully saturated rings. The molecule has 7 nitrogen and oxygen atoms in total. The van der Waals surface area contributed by atoms with E-state index >= 15 is 0 Å². The van der Waals surface area contributed by atoms with Crippen LogP contribution in [0.3, 0.4) is 0 Å². The molecule has 4 heterocycles. The van der Waals surface area contributed by atoms with Crippen molar-refractivity contribution in [1.82, 2.24) is 24.8 Å². The van der Waals surface area contributed by atoms with Crippen molar-refractivity contribution in [3.63, 3.8) is 0 Å². The third-order valence-electron chi connectivity index (χ3n) is 5.76. The van der Waals surface area contributed by atoms with E-state index in [0.29, 0.717) is 12.0 Å². The number of anilines is 1. The first-order valence-electron chi connectivity index (χ1n) is 9.22. The van der Waals surface area contributed by atoms with Gasteiger partial charge in [-0.05, 0) is 37.4 Å². The topological polar surface area (TPSA) is 80.3 Å². The molecule has 2 N–H and O–H groups in total. The van der Waals surface area contributed by atoms with E-state index in [1.165, 1.54) is 0 Å². The lowest BCUT2D eigenvalue weighted by atomic mass is 9.75. The molecule has 3 saturated heterocycles. The molecule has 1 aromatic carbocycles. The second-order valence-corrected chi connectivity index (χ2v) is 7.72. The number of piperidine rings is 3. The maximum atomic E-state index is 12.4. The third kappa shape index (κ3) is 3.19. The predicted octanol–water partition coefficient (Wildman–Crippen LogP) is 1.33. The molecule has 3 aliphatic heterocycles. The van der Waals surface area contributed by atoms with Crippen LogP contribution in [0.25, 0.3) is 11.3 Å². The number of carbonyl (C=O) groups excluding carboxylic acids is 1. The van der Waals surface area contributed by atoms with Gasteiger partial charge in [-0.1, -0.05) is 17.3 Å². The summed E-state index contributed by atoms with van der Waals surface area (Å²) in [6.45, 7) is 2.75. The molecule has 3 aliphatic rings. The summed E-state index contributed by atoms with van der Waals surface area (Å²) in [5.74, 6) is 0.897. The predicted molar refractivity (Wildman–Crippen MR) is 100 cm³/mol. The van der Waals surface area contributed by atoms with E-state index < -0.39 is 0 Å². The molecule has 138 valence electrons. The molecular weight excluding hydrogens is 328 g/mol. The van der Waals surface area contributed by atoms with E-state index in [9.17, 15) is 4.79 Å². The Morgan fingerprint density at radius 3 is 2.92 bits per heavy atom. The third-order valence-corrected chi connectivity index (χ3v) is 5.76. The first kappa shape index (κ1) is 17.0. The summed E-state index contributed by atoms with van der Waals surface area (Å²) in [5.41, 5.74) is 8.41. The van der Waals surface area contributed by atoms with Gasteiger partial charge in [0.2, 0.25) is 5.91 Å². The van der Waals surface area contributed by atoms with Gasteiger partial charge in [0.15, 0.2) is 0 Å². The van der Waals surface area contributed by atoms with E-state index in [4.69, 9.17) is 5.73 Å². The standard InChI is InChI=1S/C19H26N6O/c1-23(2)19(26)17-11-24-7-6-13(17)9-16(24)10-25-12-18(21-22-25)14-4-3-5-15(20)8-14/h3-5,8,12-13,16-17H,6-7,9-11,20H2,1-2H3/t13?,16-,17+/m1/s1. The average Bonchev–Trinajstić information content (AvgIpc) is 3.10. The second-order valence-electron chi connectivity index (χ2n) is 7.72. The first-order valence-corrected chi connectivity index (χ1v) is 9.22. The first-order chi connectivity index (χ1) is 12.5. The van der Waals surface area contributed by atoms with Crippen LogP contribution in [0.5, 0.6) is 0 Å². The van der Waals surface area contributed by atoms with Gasteiger partial charge in [-0.15, -0.1) is 5.10 Å². The SMILES string of the molecule is CN(C)C(=O)[C@H]1CN2CCC1C[C@@H]2Cn1cc(-c2cccc(N)c2)nn1. The molecule has 0 aliphatic carbocycles. The maximum Gasteiger partial charge on any atom is 0.226 e. The Hall–Kier alpha value is -2.41. The molecule has 2 unspecified atom stereocenters. The Morgan fingerprint density at radius 2 is 2.23 bits per heavy atom. The molecule has 1 amide bonds. The van der Waals surface area contributed by atoms with Gasteiger partial charge >= 0.3 is 0 Å². The van der Waals surface area contributed by atoms with Crippen molar-refractivity contribution in [3.8, 4) is 11.3 Å². The van der Waals surface area contributed by atoms with Crippen molar-refractivity contribution < 1.29 is 4.79 Å². The van der Waals surface area contributed by atoms with Gasteiger partial charge in [-0.2, -0.15) is 0 Å². The minimum Gasteiger partial charge on any atom is -0.399 e. The number of rotatable bonds is 4. The number of hydrogen-bond donors (Lipinski definition) is 1. The number of amides is 1. The zero-order valence-corrected chi connectivity index (χ0v) is 15.4. The Labute approximate surface area is 153 Å². The molecule has 7 heteroatoms. The Balaban J connectivity index is 1.44. The van der Waals surface area contributed by atoms with E-state index in [-0.39, 0.29) is 11.8 Å². The largest absolute Gasteiger partial charge is 0.399 e. The Kier molecular flexibility index (Phi) is 4.40.